The second kappa shape index (κ2) is 10.3. The number of aromatic nitrogens is 1. The summed E-state index contributed by atoms with van der Waals surface area (Å²) in [5.41, 5.74) is 3.41. The predicted molar refractivity (Wildman–Crippen MR) is 121 cm³/mol. The lowest BCUT2D eigenvalue weighted by Crippen LogP contribution is -2.37. The number of para-hydroxylation sites is 1. The van der Waals surface area contributed by atoms with Gasteiger partial charge in [-0.25, -0.2) is 0 Å². The zero-order valence-electron chi connectivity index (χ0n) is 14.6. The monoisotopic (exact) mass is 480 g/mol. The summed E-state index contributed by atoms with van der Waals surface area (Å²) in [4.78, 5) is 8.68. The third kappa shape index (κ3) is 5.57. The topological polar surface area (TPSA) is 49.3 Å². The van der Waals surface area contributed by atoms with Gasteiger partial charge in [0.05, 0.1) is 5.52 Å². The van der Waals surface area contributed by atoms with Crippen LogP contribution in [0.5, 0.6) is 0 Å². The van der Waals surface area contributed by atoms with Gasteiger partial charge >= 0.3 is 0 Å². The Labute approximate surface area is 176 Å². The number of rotatable bonds is 5. The standard InChI is InChI=1S/C20H21ClN4.HI/c1-22-20(24-11-9-15-5-4-6-17(21)13-15)25-14-16-10-12-23-19-8-3-2-7-18(16)19;/h2-8,10,12-13H,9,11,14H2,1H3,(H2,22,24,25);1H. The first-order valence-corrected chi connectivity index (χ1v) is 8.65. The summed E-state index contributed by atoms with van der Waals surface area (Å²) in [5.74, 6) is 0.780. The molecule has 6 heteroatoms. The van der Waals surface area contributed by atoms with Crippen molar-refractivity contribution in [2.24, 2.45) is 4.99 Å². The Morgan fingerprint density at radius 3 is 2.73 bits per heavy atom. The second-order valence-electron chi connectivity index (χ2n) is 5.72. The molecule has 4 nitrogen and oxygen atoms in total. The van der Waals surface area contributed by atoms with Gasteiger partial charge in [0.2, 0.25) is 0 Å². The molecule has 0 aliphatic carbocycles. The summed E-state index contributed by atoms with van der Waals surface area (Å²) in [6.45, 7) is 1.48. The van der Waals surface area contributed by atoms with Gasteiger partial charge in [-0.15, -0.1) is 24.0 Å². The van der Waals surface area contributed by atoms with Crippen LogP contribution in [0.2, 0.25) is 5.02 Å². The molecule has 0 aliphatic heterocycles. The Morgan fingerprint density at radius 1 is 1.08 bits per heavy atom. The lowest BCUT2D eigenvalue weighted by atomic mass is 10.1. The van der Waals surface area contributed by atoms with E-state index in [1.165, 1.54) is 11.1 Å². The van der Waals surface area contributed by atoms with Crippen LogP contribution < -0.4 is 10.6 Å². The van der Waals surface area contributed by atoms with Crippen LogP contribution in [0.15, 0.2) is 65.8 Å². The first-order valence-electron chi connectivity index (χ1n) is 8.28. The van der Waals surface area contributed by atoms with Crippen molar-refractivity contribution < 1.29 is 0 Å². The highest BCUT2D eigenvalue weighted by Gasteiger charge is 2.03. The SMILES string of the molecule is CN=C(NCCc1cccc(Cl)c1)NCc1ccnc2ccccc12.I. The molecule has 136 valence electrons. The highest BCUT2D eigenvalue weighted by molar-refractivity contribution is 14.0. The van der Waals surface area contributed by atoms with Crippen molar-refractivity contribution in [1.82, 2.24) is 15.6 Å². The Bertz CT molecular complexity index is 877. The molecule has 0 bridgehead atoms. The highest BCUT2D eigenvalue weighted by atomic mass is 127. The molecule has 1 aromatic heterocycles. The molecular formula is C20H22ClIN4. The Kier molecular flexibility index (Phi) is 8.12. The van der Waals surface area contributed by atoms with Crippen LogP contribution in [0, 0.1) is 0 Å². The van der Waals surface area contributed by atoms with Crippen molar-refractivity contribution in [3.05, 3.63) is 76.9 Å². The van der Waals surface area contributed by atoms with Gasteiger partial charge in [0.25, 0.3) is 0 Å². The van der Waals surface area contributed by atoms with Gasteiger partial charge in [-0.3, -0.25) is 9.98 Å². The van der Waals surface area contributed by atoms with E-state index in [0.29, 0.717) is 6.54 Å². The average Bonchev–Trinajstić information content (AvgIpc) is 2.64. The van der Waals surface area contributed by atoms with E-state index in [4.69, 9.17) is 11.6 Å². The molecule has 0 radical (unpaired) electrons. The molecule has 0 saturated carbocycles. The van der Waals surface area contributed by atoms with E-state index < -0.39 is 0 Å². The fraction of sp³-hybridized carbons (Fsp3) is 0.200. The van der Waals surface area contributed by atoms with Crippen LogP contribution in [0.3, 0.4) is 0 Å². The number of hydrogen-bond donors (Lipinski definition) is 2. The van der Waals surface area contributed by atoms with Gasteiger partial charge in [0, 0.05) is 36.7 Å². The number of pyridine rings is 1. The first-order chi connectivity index (χ1) is 12.3. The zero-order valence-corrected chi connectivity index (χ0v) is 17.7. The quantitative estimate of drug-likeness (QED) is 0.323. The Balaban J connectivity index is 0.00000243. The van der Waals surface area contributed by atoms with Gasteiger partial charge < -0.3 is 10.6 Å². The van der Waals surface area contributed by atoms with Crippen LogP contribution in [-0.2, 0) is 13.0 Å². The van der Waals surface area contributed by atoms with E-state index in [-0.39, 0.29) is 24.0 Å². The molecule has 1 heterocycles. The van der Waals surface area contributed by atoms with E-state index in [1.807, 2.05) is 48.7 Å². The largest absolute Gasteiger partial charge is 0.356 e. The molecule has 0 aliphatic rings. The maximum Gasteiger partial charge on any atom is 0.191 e. The number of fused-ring (bicyclic) bond motifs is 1. The smallest absolute Gasteiger partial charge is 0.191 e. The van der Waals surface area contributed by atoms with Gasteiger partial charge in [-0.05, 0) is 41.8 Å². The summed E-state index contributed by atoms with van der Waals surface area (Å²) in [5, 5.41) is 8.62. The summed E-state index contributed by atoms with van der Waals surface area (Å²) in [6, 6.07) is 18.1. The van der Waals surface area contributed by atoms with Gasteiger partial charge in [-0.1, -0.05) is 41.9 Å². The minimum atomic E-state index is 0. The molecule has 2 N–H and O–H groups in total. The van der Waals surface area contributed by atoms with Crippen molar-refractivity contribution >= 4 is 52.4 Å². The van der Waals surface area contributed by atoms with Crippen LogP contribution in [0.4, 0.5) is 0 Å². The maximum atomic E-state index is 6.02. The number of halogens is 2. The molecule has 0 amide bonds. The fourth-order valence-corrected chi connectivity index (χ4v) is 2.94. The average molecular weight is 481 g/mol. The third-order valence-corrected chi connectivity index (χ3v) is 4.24. The number of benzene rings is 2. The highest BCUT2D eigenvalue weighted by Crippen LogP contribution is 2.15. The van der Waals surface area contributed by atoms with E-state index in [1.54, 1.807) is 7.05 Å². The van der Waals surface area contributed by atoms with E-state index in [2.05, 4.69) is 32.7 Å². The van der Waals surface area contributed by atoms with Crippen molar-refractivity contribution in [2.75, 3.05) is 13.6 Å². The molecule has 3 aromatic rings. The minimum Gasteiger partial charge on any atom is -0.356 e. The molecule has 26 heavy (non-hydrogen) atoms. The number of guanidine groups is 1. The second-order valence-corrected chi connectivity index (χ2v) is 6.16. The third-order valence-electron chi connectivity index (χ3n) is 4.00. The normalized spacial score (nSPS) is 11.1. The Hall–Kier alpha value is -1.86. The van der Waals surface area contributed by atoms with Crippen LogP contribution in [0.25, 0.3) is 10.9 Å². The van der Waals surface area contributed by atoms with Crippen molar-refractivity contribution in [3.8, 4) is 0 Å². The number of hydrogen-bond acceptors (Lipinski definition) is 2. The lowest BCUT2D eigenvalue weighted by molar-refractivity contribution is 0.796. The predicted octanol–water partition coefficient (Wildman–Crippen LogP) is 4.41. The van der Waals surface area contributed by atoms with Gasteiger partial charge in [0.1, 0.15) is 0 Å². The summed E-state index contributed by atoms with van der Waals surface area (Å²) >= 11 is 6.02. The molecule has 3 rings (SSSR count). The van der Waals surface area contributed by atoms with Crippen molar-refractivity contribution in [3.63, 3.8) is 0 Å². The number of aliphatic imine (C=N–C) groups is 1. The molecule has 0 saturated heterocycles. The molecule has 2 aromatic carbocycles. The first kappa shape index (κ1) is 20.5. The number of nitrogens with one attached hydrogen (secondary N) is 2. The molecule has 0 spiro atoms. The van der Waals surface area contributed by atoms with Crippen LogP contribution in [-0.4, -0.2) is 24.5 Å². The van der Waals surface area contributed by atoms with Crippen molar-refractivity contribution in [2.45, 2.75) is 13.0 Å². The van der Waals surface area contributed by atoms with Gasteiger partial charge in [0.15, 0.2) is 5.96 Å². The van der Waals surface area contributed by atoms with E-state index >= 15 is 0 Å². The van der Waals surface area contributed by atoms with Crippen molar-refractivity contribution in [1.29, 1.82) is 0 Å². The van der Waals surface area contributed by atoms with E-state index in [0.717, 1.165) is 34.9 Å². The minimum absolute atomic E-state index is 0. The summed E-state index contributed by atoms with van der Waals surface area (Å²) < 4.78 is 0. The van der Waals surface area contributed by atoms with Gasteiger partial charge in [-0.2, -0.15) is 0 Å². The Morgan fingerprint density at radius 2 is 1.92 bits per heavy atom. The maximum absolute atomic E-state index is 6.02. The molecule has 0 fully saturated rings. The number of nitrogens with zero attached hydrogens (tertiary/aromatic N) is 2. The molecule has 0 atom stereocenters. The van der Waals surface area contributed by atoms with Crippen LogP contribution in [0.1, 0.15) is 11.1 Å². The van der Waals surface area contributed by atoms with Crippen LogP contribution >= 0.6 is 35.6 Å². The summed E-state index contributed by atoms with van der Waals surface area (Å²) in [6.07, 6.45) is 2.73. The molecule has 0 unspecified atom stereocenters. The lowest BCUT2D eigenvalue weighted by Gasteiger charge is -2.13. The molecular weight excluding hydrogens is 459 g/mol. The zero-order chi connectivity index (χ0) is 17.5. The summed E-state index contributed by atoms with van der Waals surface area (Å²) in [7, 11) is 1.78. The fourth-order valence-electron chi connectivity index (χ4n) is 2.73. The van der Waals surface area contributed by atoms with E-state index in [9.17, 15) is 0 Å².